The molecule has 0 radical (unpaired) electrons. The summed E-state index contributed by atoms with van der Waals surface area (Å²) in [4.78, 5) is 22.4. The first-order valence-corrected chi connectivity index (χ1v) is 17.8. The highest BCUT2D eigenvalue weighted by atomic mass is 31.2. The maximum absolute atomic E-state index is 12.6. The molecule has 9 heteroatoms. The average molecular weight is 591 g/mol. The molecule has 0 aromatic carbocycles. The van der Waals surface area contributed by atoms with E-state index in [2.05, 4.69) is 19.2 Å². The summed E-state index contributed by atoms with van der Waals surface area (Å²) in [6.45, 7) is 4.08. The second-order valence-electron chi connectivity index (χ2n) is 11.0. The zero-order valence-electron chi connectivity index (χ0n) is 25.8. The first-order chi connectivity index (χ1) is 19.4. The van der Waals surface area contributed by atoms with Gasteiger partial charge in [0.15, 0.2) is 0 Å². The van der Waals surface area contributed by atoms with Gasteiger partial charge in [0.25, 0.3) is 0 Å². The zero-order valence-corrected chi connectivity index (χ0v) is 26.7. The Hall–Kier alpha value is -0.760. The molecule has 0 aliphatic rings. The monoisotopic (exact) mass is 590 g/mol. The fraction of sp³-hybridized carbons (Fsp3) is 0.903. The summed E-state index contributed by atoms with van der Waals surface area (Å²) in [7, 11) is -4.32. The maximum Gasteiger partial charge on any atom is 0.472 e. The quantitative estimate of drug-likeness (QED) is 0.0383. The molecule has 5 N–H and O–H groups in total. The molecule has 8 nitrogen and oxygen atoms in total. The summed E-state index contributed by atoms with van der Waals surface area (Å²) in [5.41, 5.74) is 5.33. The van der Waals surface area contributed by atoms with Crippen LogP contribution in [0, 0.1) is 0 Å². The van der Waals surface area contributed by atoms with E-state index in [0.717, 1.165) is 38.5 Å². The average Bonchev–Trinajstić information content (AvgIpc) is 2.93. The third kappa shape index (κ3) is 26.2. The summed E-state index contributed by atoms with van der Waals surface area (Å²) in [6, 6.07) is -0.850. The number of aliphatic hydroxyl groups excluding tert-OH is 1. The molecule has 0 saturated heterocycles. The van der Waals surface area contributed by atoms with Crippen molar-refractivity contribution in [2.24, 2.45) is 5.73 Å². The Labute approximate surface area is 245 Å². The number of phosphoric acid groups is 1. The first-order valence-electron chi connectivity index (χ1n) is 16.3. The van der Waals surface area contributed by atoms with E-state index in [1.165, 1.54) is 89.9 Å². The minimum absolute atomic E-state index is 0.0805. The number of nitrogens with one attached hydrogen (secondary N) is 1. The molecule has 1 amide bonds. The number of phosphoric ester groups is 1. The molecule has 0 aliphatic heterocycles. The Kier molecular flexibility index (Phi) is 27.8. The third-order valence-electron chi connectivity index (χ3n) is 7.11. The summed E-state index contributed by atoms with van der Waals surface area (Å²) in [6.07, 6.45) is 26.8. The normalized spacial score (nSPS) is 14.8. The van der Waals surface area contributed by atoms with Crippen LogP contribution >= 0.6 is 7.82 Å². The van der Waals surface area contributed by atoms with Gasteiger partial charge in [-0.15, -0.1) is 0 Å². The van der Waals surface area contributed by atoms with E-state index in [4.69, 9.17) is 14.8 Å². The lowest BCUT2D eigenvalue weighted by molar-refractivity contribution is -0.123. The van der Waals surface area contributed by atoms with E-state index in [0.29, 0.717) is 6.42 Å². The number of amides is 1. The van der Waals surface area contributed by atoms with Gasteiger partial charge in [-0.1, -0.05) is 135 Å². The van der Waals surface area contributed by atoms with Gasteiger partial charge in [-0.3, -0.25) is 13.8 Å². The number of hydrogen-bond acceptors (Lipinski definition) is 6. The van der Waals surface area contributed by atoms with E-state index in [9.17, 15) is 19.4 Å². The van der Waals surface area contributed by atoms with Gasteiger partial charge < -0.3 is 21.1 Å². The van der Waals surface area contributed by atoms with Gasteiger partial charge in [0.05, 0.1) is 25.4 Å². The fourth-order valence-electron chi connectivity index (χ4n) is 4.60. The van der Waals surface area contributed by atoms with E-state index in [1.54, 1.807) is 6.08 Å². The van der Waals surface area contributed by atoms with Gasteiger partial charge in [-0.25, -0.2) is 4.57 Å². The molecule has 0 fully saturated rings. The van der Waals surface area contributed by atoms with E-state index in [1.807, 2.05) is 6.08 Å². The number of carbonyl (C=O) groups excluding carboxylic acids is 1. The predicted molar refractivity (Wildman–Crippen MR) is 166 cm³/mol. The molecule has 0 aliphatic carbocycles. The molecule has 1 unspecified atom stereocenters. The SMILES string of the molecule is CCCCCCCCCCC/C=C/[C@@H](O)[C@H](COP(=O)(O)OCCN)NC(=O)CCCCCCCCCCCC. The molecule has 40 heavy (non-hydrogen) atoms. The van der Waals surface area contributed by atoms with Crippen LogP contribution in [0.5, 0.6) is 0 Å². The third-order valence-corrected chi connectivity index (χ3v) is 8.10. The molecule has 0 bridgehead atoms. The molecule has 238 valence electrons. The van der Waals surface area contributed by atoms with Gasteiger partial charge >= 0.3 is 7.82 Å². The molecule has 0 aromatic rings. The lowest BCUT2D eigenvalue weighted by Gasteiger charge is -2.23. The van der Waals surface area contributed by atoms with Crippen molar-refractivity contribution in [3.63, 3.8) is 0 Å². The van der Waals surface area contributed by atoms with Crippen LogP contribution in [0.3, 0.4) is 0 Å². The molecule has 0 rings (SSSR count). The maximum atomic E-state index is 12.6. The fourth-order valence-corrected chi connectivity index (χ4v) is 5.36. The Balaban J connectivity index is 4.43. The first kappa shape index (κ1) is 39.2. The predicted octanol–water partition coefficient (Wildman–Crippen LogP) is 7.71. The Morgan fingerprint density at radius 1 is 0.800 bits per heavy atom. The summed E-state index contributed by atoms with van der Waals surface area (Å²) in [5.74, 6) is -0.199. The zero-order chi connectivity index (χ0) is 29.7. The second-order valence-corrected chi connectivity index (χ2v) is 12.5. The number of hydrogen-bond donors (Lipinski definition) is 4. The number of unbranched alkanes of at least 4 members (excludes halogenated alkanes) is 18. The number of allylic oxidation sites excluding steroid dienone is 1. The number of nitrogens with two attached hydrogens (primary N) is 1. The van der Waals surface area contributed by atoms with Crippen LogP contribution < -0.4 is 11.1 Å². The van der Waals surface area contributed by atoms with Crippen molar-refractivity contribution in [2.45, 2.75) is 161 Å². The molecule has 0 saturated carbocycles. The van der Waals surface area contributed by atoms with Gasteiger partial charge in [-0.2, -0.15) is 0 Å². The minimum atomic E-state index is -4.32. The van der Waals surface area contributed by atoms with Crippen LogP contribution in [0.4, 0.5) is 0 Å². The Bertz CT molecular complexity index is 649. The lowest BCUT2D eigenvalue weighted by atomic mass is 10.1. The van der Waals surface area contributed by atoms with Crippen LogP contribution in [0.1, 0.15) is 149 Å². The molecular weight excluding hydrogens is 527 g/mol. The van der Waals surface area contributed by atoms with Crippen LogP contribution in [0.15, 0.2) is 12.2 Å². The highest BCUT2D eigenvalue weighted by molar-refractivity contribution is 7.47. The largest absolute Gasteiger partial charge is 0.472 e. The summed E-state index contributed by atoms with van der Waals surface area (Å²) >= 11 is 0. The standard InChI is InChI=1S/C31H63N2O6P/c1-3-5-7-9-11-13-15-16-18-20-22-24-30(34)29(28-39-40(36,37)38-27-26-32)33-31(35)25-23-21-19-17-14-12-10-8-6-4-2/h22,24,29-30,34H,3-21,23,25-28,32H2,1-2H3,(H,33,35)(H,36,37)/b24-22+/t29-,30+/m0/s1. The highest BCUT2D eigenvalue weighted by Gasteiger charge is 2.26. The van der Waals surface area contributed by atoms with E-state index in [-0.39, 0.29) is 25.7 Å². The highest BCUT2D eigenvalue weighted by Crippen LogP contribution is 2.43. The van der Waals surface area contributed by atoms with Crippen molar-refractivity contribution >= 4 is 13.7 Å². The van der Waals surface area contributed by atoms with Crippen LogP contribution in [0.2, 0.25) is 0 Å². The van der Waals surface area contributed by atoms with Crippen LogP contribution in [0.25, 0.3) is 0 Å². The van der Waals surface area contributed by atoms with Crippen molar-refractivity contribution in [2.75, 3.05) is 19.8 Å². The van der Waals surface area contributed by atoms with Crippen molar-refractivity contribution < 1.29 is 28.4 Å². The lowest BCUT2D eigenvalue weighted by Crippen LogP contribution is -2.45. The smallest absolute Gasteiger partial charge is 0.387 e. The summed E-state index contributed by atoms with van der Waals surface area (Å²) < 4.78 is 21.9. The van der Waals surface area contributed by atoms with Gasteiger partial charge in [-0.05, 0) is 19.3 Å². The number of aliphatic hydroxyl groups is 1. The number of rotatable bonds is 30. The minimum Gasteiger partial charge on any atom is -0.387 e. The Morgan fingerprint density at radius 2 is 1.27 bits per heavy atom. The van der Waals surface area contributed by atoms with Crippen molar-refractivity contribution in [3.8, 4) is 0 Å². The molecular formula is C31H63N2O6P. The molecule has 3 atom stereocenters. The second kappa shape index (κ2) is 28.4. The van der Waals surface area contributed by atoms with Crippen molar-refractivity contribution in [1.82, 2.24) is 5.32 Å². The summed E-state index contributed by atoms with van der Waals surface area (Å²) in [5, 5.41) is 13.5. The molecule has 0 aromatic heterocycles. The van der Waals surface area contributed by atoms with E-state index < -0.39 is 20.0 Å². The van der Waals surface area contributed by atoms with Gasteiger partial charge in [0.2, 0.25) is 5.91 Å². The van der Waals surface area contributed by atoms with Crippen LogP contribution in [-0.4, -0.2) is 47.8 Å². The van der Waals surface area contributed by atoms with Crippen LogP contribution in [-0.2, 0) is 18.4 Å². The van der Waals surface area contributed by atoms with E-state index >= 15 is 0 Å². The molecule has 0 heterocycles. The topological polar surface area (TPSA) is 131 Å². The van der Waals surface area contributed by atoms with Crippen molar-refractivity contribution in [3.05, 3.63) is 12.2 Å². The van der Waals surface area contributed by atoms with Gasteiger partial charge in [0, 0.05) is 13.0 Å². The van der Waals surface area contributed by atoms with Crippen molar-refractivity contribution in [1.29, 1.82) is 0 Å². The Morgan fingerprint density at radius 3 is 1.77 bits per heavy atom. The molecule has 0 spiro atoms. The van der Waals surface area contributed by atoms with Gasteiger partial charge in [0.1, 0.15) is 0 Å². The number of carbonyl (C=O) groups is 1.